The lowest BCUT2D eigenvalue weighted by Crippen LogP contribution is -2.59. The molecule has 1 saturated carbocycles. The first kappa shape index (κ1) is 23.8. The van der Waals surface area contributed by atoms with Crippen LogP contribution in [0.15, 0.2) is 48.5 Å². The second kappa shape index (κ2) is 9.46. The number of carbonyl (C=O) groups is 1. The average Bonchev–Trinajstić information content (AvgIpc) is 3.11. The summed E-state index contributed by atoms with van der Waals surface area (Å²) < 4.78 is 52.8. The quantitative estimate of drug-likeness (QED) is 0.678. The molecule has 4 rings (SSSR count). The average molecular weight is 462 g/mol. The van der Waals surface area contributed by atoms with Gasteiger partial charge in [0.1, 0.15) is 17.7 Å². The van der Waals surface area contributed by atoms with Crippen molar-refractivity contribution in [3.8, 4) is 0 Å². The minimum Gasteiger partial charge on any atom is -0.370 e. The molecule has 1 heterocycles. The molecule has 0 radical (unpaired) electrons. The van der Waals surface area contributed by atoms with Gasteiger partial charge in [-0.2, -0.15) is 0 Å². The van der Waals surface area contributed by atoms with E-state index in [0.29, 0.717) is 11.1 Å². The van der Waals surface area contributed by atoms with Gasteiger partial charge in [0.05, 0.1) is 25.4 Å². The molecule has 0 spiro atoms. The normalized spacial score (nSPS) is 28.3. The van der Waals surface area contributed by atoms with Gasteiger partial charge in [-0.25, -0.2) is 8.78 Å². The fraction of sp³-hybridized carbons (Fsp3) is 0.480. The molecule has 1 aliphatic carbocycles. The highest BCUT2D eigenvalue weighted by molar-refractivity contribution is 5.85. The molecular formula is C25H29F2NO5. The van der Waals surface area contributed by atoms with Gasteiger partial charge in [0, 0.05) is 31.0 Å². The summed E-state index contributed by atoms with van der Waals surface area (Å²) in [5.74, 6) is -2.02. The Hall–Kier alpha value is -2.39. The van der Waals surface area contributed by atoms with E-state index >= 15 is 0 Å². The maximum Gasteiger partial charge on any atom is 0.252 e. The molecule has 33 heavy (non-hydrogen) atoms. The number of halogens is 2. The molecule has 6 nitrogen and oxygen atoms in total. The van der Waals surface area contributed by atoms with Gasteiger partial charge < -0.3 is 24.3 Å². The molecule has 1 N–H and O–H groups in total. The highest BCUT2D eigenvalue weighted by atomic mass is 19.1. The van der Waals surface area contributed by atoms with Crippen LogP contribution < -0.4 is 5.32 Å². The SMILES string of the molecule is CNC(=O)[C@@]1(OCc2ccccc2F)CC(OCc2ccccc2F)[C@@H]2OC(C)(C)O[C@@H]2C1. The Morgan fingerprint density at radius 3 is 2.21 bits per heavy atom. The van der Waals surface area contributed by atoms with E-state index in [4.69, 9.17) is 18.9 Å². The van der Waals surface area contributed by atoms with Gasteiger partial charge in [-0.15, -0.1) is 0 Å². The van der Waals surface area contributed by atoms with Crippen LogP contribution in [0.25, 0.3) is 0 Å². The topological polar surface area (TPSA) is 66.0 Å². The number of likely N-dealkylation sites (N-methyl/N-ethyl adjacent to an activating group) is 1. The maximum atomic E-state index is 14.2. The van der Waals surface area contributed by atoms with Gasteiger partial charge >= 0.3 is 0 Å². The Balaban J connectivity index is 1.60. The minimum absolute atomic E-state index is 0.00147. The van der Waals surface area contributed by atoms with E-state index in [1.54, 1.807) is 50.2 Å². The van der Waals surface area contributed by atoms with Crippen LogP contribution in [0, 0.1) is 11.6 Å². The molecule has 1 saturated heterocycles. The van der Waals surface area contributed by atoms with E-state index in [-0.39, 0.29) is 37.8 Å². The highest BCUT2D eigenvalue weighted by Gasteiger charge is 2.57. The van der Waals surface area contributed by atoms with Gasteiger partial charge in [0.15, 0.2) is 11.4 Å². The number of hydrogen-bond acceptors (Lipinski definition) is 5. The number of rotatable bonds is 7. The molecule has 178 valence electrons. The Labute approximate surface area is 192 Å². The van der Waals surface area contributed by atoms with Crippen molar-refractivity contribution in [2.24, 2.45) is 0 Å². The Kier molecular flexibility index (Phi) is 6.81. The predicted octanol–water partition coefficient (Wildman–Crippen LogP) is 3.87. The van der Waals surface area contributed by atoms with Crippen LogP contribution in [-0.4, -0.2) is 42.7 Å². The molecule has 2 aromatic carbocycles. The minimum atomic E-state index is -1.33. The summed E-state index contributed by atoms with van der Waals surface area (Å²) >= 11 is 0. The zero-order valence-corrected chi connectivity index (χ0v) is 19.0. The third-order valence-electron chi connectivity index (χ3n) is 6.16. The maximum absolute atomic E-state index is 14.2. The molecule has 4 atom stereocenters. The van der Waals surface area contributed by atoms with Crippen LogP contribution in [0.3, 0.4) is 0 Å². The van der Waals surface area contributed by atoms with Crippen LogP contribution in [0.5, 0.6) is 0 Å². The largest absolute Gasteiger partial charge is 0.370 e. The number of carbonyl (C=O) groups excluding carboxylic acids is 1. The first-order chi connectivity index (χ1) is 15.7. The van der Waals surface area contributed by atoms with Crippen LogP contribution in [0.1, 0.15) is 37.8 Å². The summed E-state index contributed by atoms with van der Waals surface area (Å²) in [4.78, 5) is 13.1. The first-order valence-corrected chi connectivity index (χ1v) is 11.0. The summed E-state index contributed by atoms with van der Waals surface area (Å²) in [5.41, 5.74) is -0.590. The van der Waals surface area contributed by atoms with Crippen molar-refractivity contribution in [2.75, 3.05) is 7.05 Å². The van der Waals surface area contributed by atoms with E-state index < -0.39 is 35.5 Å². The fourth-order valence-corrected chi connectivity index (χ4v) is 4.58. The molecule has 0 aromatic heterocycles. The summed E-state index contributed by atoms with van der Waals surface area (Å²) in [7, 11) is 1.52. The lowest BCUT2D eigenvalue weighted by molar-refractivity contribution is -0.183. The monoisotopic (exact) mass is 461 g/mol. The highest BCUT2D eigenvalue weighted by Crippen LogP contribution is 2.44. The van der Waals surface area contributed by atoms with E-state index in [1.807, 2.05) is 0 Å². The number of hydrogen-bond donors (Lipinski definition) is 1. The smallest absolute Gasteiger partial charge is 0.252 e. The molecule has 1 amide bonds. The summed E-state index contributed by atoms with van der Waals surface area (Å²) in [6, 6.07) is 12.6. The molecule has 2 fully saturated rings. The number of amides is 1. The third-order valence-corrected chi connectivity index (χ3v) is 6.16. The fourth-order valence-electron chi connectivity index (χ4n) is 4.58. The van der Waals surface area contributed by atoms with Crippen molar-refractivity contribution in [1.29, 1.82) is 0 Å². The lowest BCUT2D eigenvalue weighted by atomic mass is 9.78. The summed E-state index contributed by atoms with van der Waals surface area (Å²) in [6.45, 7) is 3.49. The second-order valence-corrected chi connectivity index (χ2v) is 8.94. The van der Waals surface area contributed by atoms with E-state index in [2.05, 4.69) is 5.32 Å². The molecule has 8 heteroatoms. The van der Waals surface area contributed by atoms with E-state index in [0.717, 1.165) is 0 Å². The Bertz CT molecular complexity index is 1000. The van der Waals surface area contributed by atoms with E-state index in [1.165, 1.54) is 19.2 Å². The zero-order chi connectivity index (χ0) is 23.6. The van der Waals surface area contributed by atoms with Crippen LogP contribution >= 0.6 is 0 Å². The molecular weight excluding hydrogens is 432 g/mol. The molecule has 2 aromatic rings. The molecule has 1 aliphatic heterocycles. The van der Waals surface area contributed by atoms with Crippen LogP contribution in [-0.2, 0) is 37.0 Å². The van der Waals surface area contributed by atoms with Gasteiger partial charge in [0.25, 0.3) is 5.91 Å². The van der Waals surface area contributed by atoms with Gasteiger partial charge in [0.2, 0.25) is 0 Å². The van der Waals surface area contributed by atoms with Gasteiger partial charge in [-0.1, -0.05) is 36.4 Å². The number of fused-ring (bicyclic) bond motifs is 1. The Morgan fingerprint density at radius 2 is 1.61 bits per heavy atom. The molecule has 0 bridgehead atoms. The second-order valence-electron chi connectivity index (χ2n) is 8.94. The van der Waals surface area contributed by atoms with Crippen molar-refractivity contribution in [3.05, 3.63) is 71.3 Å². The first-order valence-electron chi connectivity index (χ1n) is 11.0. The van der Waals surface area contributed by atoms with Gasteiger partial charge in [-0.3, -0.25) is 4.79 Å². The zero-order valence-electron chi connectivity index (χ0n) is 19.0. The summed E-state index contributed by atoms with van der Waals surface area (Å²) in [5, 5.41) is 2.66. The summed E-state index contributed by atoms with van der Waals surface area (Å²) in [6.07, 6.45) is -1.19. The standard InChI is InChI=1S/C25H29F2NO5/c1-24(2)32-21-13-25(23(29)28-3,31-15-17-9-5-7-11-19(17)27)12-20(22(21)33-24)30-14-16-8-4-6-10-18(16)26/h4-11,20-22H,12-15H2,1-3H3,(H,28,29)/t20?,21-,22+,25-/m1/s1. The van der Waals surface area contributed by atoms with Crippen molar-refractivity contribution in [3.63, 3.8) is 0 Å². The predicted molar refractivity (Wildman–Crippen MR) is 116 cm³/mol. The number of nitrogens with one attached hydrogen (secondary N) is 1. The lowest BCUT2D eigenvalue weighted by Gasteiger charge is -2.43. The van der Waals surface area contributed by atoms with Crippen molar-refractivity contribution < 1.29 is 32.5 Å². The number of benzene rings is 2. The van der Waals surface area contributed by atoms with Crippen molar-refractivity contribution in [2.45, 2.75) is 69.6 Å². The van der Waals surface area contributed by atoms with Crippen molar-refractivity contribution >= 4 is 5.91 Å². The van der Waals surface area contributed by atoms with Crippen molar-refractivity contribution in [1.82, 2.24) is 5.32 Å². The van der Waals surface area contributed by atoms with Crippen LogP contribution in [0.4, 0.5) is 8.78 Å². The van der Waals surface area contributed by atoms with Crippen LogP contribution in [0.2, 0.25) is 0 Å². The van der Waals surface area contributed by atoms with Gasteiger partial charge in [-0.05, 0) is 26.0 Å². The third kappa shape index (κ3) is 5.09. The van der Waals surface area contributed by atoms with E-state index in [9.17, 15) is 13.6 Å². The Morgan fingerprint density at radius 1 is 1.00 bits per heavy atom. The molecule has 2 aliphatic rings. The molecule has 1 unspecified atom stereocenters. The number of ether oxygens (including phenoxy) is 4.